The fourth-order valence-corrected chi connectivity index (χ4v) is 3.08. The molecule has 0 rings (SSSR count). The van der Waals surface area contributed by atoms with Gasteiger partial charge in [0.25, 0.3) is 0 Å². The third-order valence-electron chi connectivity index (χ3n) is 4.35. The first-order chi connectivity index (χ1) is 13.9. The van der Waals surface area contributed by atoms with E-state index in [1.54, 1.807) is 13.8 Å². The third-order valence-corrected chi connectivity index (χ3v) is 5.00. The average molecular weight is 449 g/mol. The van der Waals surface area contributed by atoms with Gasteiger partial charge in [-0.15, -0.1) is 0 Å². The minimum atomic E-state index is -1.28. The number of thioether (sulfide) groups is 1. The predicted octanol–water partition coefficient (Wildman–Crippen LogP) is -0.700. The van der Waals surface area contributed by atoms with E-state index in [-0.39, 0.29) is 18.3 Å². The molecule has 7 N–H and O–H groups in total. The summed E-state index contributed by atoms with van der Waals surface area (Å²) in [5, 5.41) is 26.1. The Balaban J connectivity index is 5.12. The number of nitrogens with two attached hydrogens (primary N) is 1. The van der Waals surface area contributed by atoms with Crippen LogP contribution in [0.4, 0.5) is 0 Å². The van der Waals surface area contributed by atoms with Crippen molar-refractivity contribution in [1.29, 1.82) is 0 Å². The normalized spacial score (nSPS) is 15.2. The van der Waals surface area contributed by atoms with Crippen LogP contribution in [-0.2, 0) is 19.2 Å². The van der Waals surface area contributed by atoms with Gasteiger partial charge >= 0.3 is 5.97 Å². The van der Waals surface area contributed by atoms with Crippen molar-refractivity contribution >= 4 is 35.5 Å². The summed E-state index contributed by atoms with van der Waals surface area (Å²) in [5.41, 5.74) is 5.77. The molecule has 0 aliphatic carbocycles. The number of aliphatic hydroxyl groups excluding tert-OH is 1. The van der Waals surface area contributed by atoms with Gasteiger partial charge < -0.3 is 31.9 Å². The minimum absolute atomic E-state index is 0.0442. The molecule has 0 spiro atoms. The first-order valence-electron chi connectivity index (χ1n) is 9.93. The standard InChI is InChI=1S/C19H36N4O6S/c1-10(2)8-13(19(28)29)21-18(27)15(11(3)4)23-17(26)14(9-24)22-16(25)12(20)6-7-30-5/h10-15,24H,6-9,20H2,1-5H3,(H,21,27)(H,22,25)(H,23,26)(H,28,29). The van der Waals surface area contributed by atoms with E-state index in [1.165, 1.54) is 11.8 Å². The Labute approximate surface area is 182 Å². The SMILES string of the molecule is CSCCC(N)C(=O)NC(CO)C(=O)NC(C(=O)NC(CC(C)C)C(=O)O)C(C)C. The molecule has 0 aromatic carbocycles. The van der Waals surface area contributed by atoms with Gasteiger partial charge in [0, 0.05) is 0 Å². The van der Waals surface area contributed by atoms with Gasteiger partial charge in [-0.25, -0.2) is 4.79 Å². The van der Waals surface area contributed by atoms with Crippen LogP contribution in [0.25, 0.3) is 0 Å². The second-order valence-electron chi connectivity index (χ2n) is 7.89. The van der Waals surface area contributed by atoms with Crippen LogP contribution in [0, 0.1) is 11.8 Å². The lowest BCUT2D eigenvalue weighted by atomic mass is 10.00. The van der Waals surface area contributed by atoms with Crippen LogP contribution in [0.2, 0.25) is 0 Å². The molecule has 4 unspecified atom stereocenters. The van der Waals surface area contributed by atoms with E-state index >= 15 is 0 Å². The number of amides is 3. The zero-order valence-electron chi connectivity index (χ0n) is 18.3. The Morgan fingerprint density at radius 2 is 1.50 bits per heavy atom. The molecule has 4 atom stereocenters. The molecule has 0 fully saturated rings. The molecule has 11 heteroatoms. The molecule has 174 valence electrons. The summed E-state index contributed by atoms with van der Waals surface area (Å²) >= 11 is 1.53. The van der Waals surface area contributed by atoms with Gasteiger partial charge in [-0.2, -0.15) is 11.8 Å². The van der Waals surface area contributed by atoms with Crippen molar-refractivity contribution in [1.82, 2.24) is 16.0 Å². The number of nitrogens with one attached hydrogen (secondary N) is 3. The topological polar surface area (TPSA) is 171 Å². The van der Waals surface area contributed by atoms with Crippen molar-refractivity contribution in [3.63, 3.8) is 0 Å². The largest absolute Gasteiger partial charge is 0.480 e. The van der Waals surface area contributed by atoms with Gasteiger partial charge in [0.15, 0.2) is 0 Å². The van der Waals surface area contributed by atoms with E-state index in [0.717, 1.165) is 0 Å². The number of carbonyl (C=O) groups excluding carboxylic acids is 3. The summed E-state index contributed by atoms with van der Waals surface area (Å²) in [4.78, 5) is 48.7. The Morgan fingerprint density at radius 1 is 0.933 bits per heavy atom. The molecule has 0 aromatic rings. The number of carboxylic acid groups (broad SMARTS) is 1. The lowest BCUT2D eigenvalue weighted by Gasteiger charge is -2.26. The first kappa shape index (κ1) is 28.1. The molecule has 30 heavy (non-hydrogen) atoms. The monoisotopic (exact) mass is 448 g/mol. The van der Waals surface area contributed by atoms with Crippen LogP contribution in [0.15, 0.2) is 0 Å². The highest BCUT2D eigenvalue weighted by atomic mass is 32.2. The molecule has 0 heterocycles. The van der Waals surface area contributed by atoms with Crippen molar-refractivity contribution in [3.05, 3.63) is 0 Å². The van der Waals surface area contributed by atoms with Crippen LogP contribution in [0.3, 0.4) is 0 Å². The molecule has 0 bridgehead atoms. The van der Waals surface area contributed by atoms with E-state index in [0.29, 0.717) is 12.2 Å². The Kier molecular flexibility index (Phi) is 13.3. The van der Waals surface area contributed by atoms with Crippen molar-refractivity contribution in [2.75, 3.05) is 18.6 Å². The summed E-state index contributed by atoms with van der Waals surface area (Å²) in [6, 6.07) is -4.23. The van der Waals surface area contributed by atoms with Crippen molar-refractivity contribution < 1.29 is 29.4 Å². The quantitative estimate of drug-likeness (QED) is 0.202. The van der Waals surface area contributed by atoms with Gasteiger partial charge in [0.2, 0.25) is 17.7 Å². The number of aliphatic carboxylic acids is 1. The maximum Gasteiger partial charge on any atom is 0.326 e. The molecule has 0 saturated carbocycles. The third kappa shape index (κ3) is 10.3. The van der Waals surface area contributed by atoms with Gasteiger partial charge in [-0.3, -0.25) is 14.4 Å². The Hall–Kier alpha value is -1.85. The maximum atomic E-state index is 12.6. The van der Waals surface area contributed by atoms with Crippen LogP contribution >= 0.6 is 11.8 Å². The second-order valence-corrected chi connectivity index (χ2v) is 8.88. The number of rotatable bonds is 14. The number of hydrogen-bond acceptors (Lipinski definition) is 7. The minimum Gasteiger partial charge on any atom is -0.480 e. The Morgan fingerprint density at radius 3 is 1.93 bits per heavy atom. The van der Waals surface area contributed by atoms with Crippen LogP contribution in [0.1, 0.15) is 40.5 Å². The van der Waals surface area contributed by atoms with E-state index in [2.05, 4.69) is 16.0 Å². The van der Waals surface area contributed by atoms with Gasteiger partial charge in [-0.05, 0) is 36.7 Å². The lowest BCUT2D eigenvalue weighted by Crippen LogP contribution is -2.59. The highest BCUT2D eigenvalue weighted by molar-refractivity contribution is 7.98. The zero-order valence-corrected chi connectivity index (χ0v) is 19.1. The molecule has 0 aliphatic rings. The fourth-order valence-electron chi connectivity index (χ4n) is 2.59. The van der Waals surface area contributed by atoms with Crippen LogP contribution in [-0.4, -0.2) is 76.7 Å². The predicted molar refractivity (Wildman–Crippen MR) is 116 cm³/mol. The maximum absolute atomic E-state index is 12.6. The summed E-state index contributed by atoms with van der Waals surface area (Å²) in [5.74, 6) is -2.79. The van der Waals surface area contributed by atoms with Crippen molar-refractivity contribution in [3.8, 4) is 0 Å². The summed E-state index contributed by atoms with van der Waals surface area (Å²) in [7, 11) is 0. The smallest absolute Gasteiger partial charge is 0.326 e. The first-order valence-corrected chi connectivity index (χ1v) is 11.3. The summed E-state index contributed by atoms with van der Waals surface area (Å²) < 4.78 is 0. The fraction of sp³-hybridized carbons (Fsp3) is 0.789. The van der Waals surface area contributed by atoms with Crippen molar-refractivity contribution in [2.24, 2.45) is 17.6 Å². The highest BCUT2D eigenvalue weighted by Gasteiger charge is 2.31. The number of hydrogen-bond donors (Lipinski definition) is 6. The molecular weight excluding hydrogens is 412 g/mol. The molecule has 3 amide bonds. The Bertz CT molecular complexity index is 587. The molecule has 0 aromatic heterocycles. The summed E-state index contributed by atoms with van der Waals surface area (Å²) in [6.07, 6.45) is 2.53. The second kappa shape index (κ2) is 14.2. The molecule has 0 saturated heterocycles. The van der Waals surface area contributed by atoms with Gasteiger partial charge in [-0.1, -0.05) is 27.7 Å². The number of carboxylic acids is 1. The number of aliphatic hydroxyl groups is 1. The van der Waals surface area contributed by atoms with Crippen LogP contribution < -0.4 is 21.7 Å². The van der Waals surface area contributed by atoms with E-state index in [9.17, 15) is 29.4 Å². The molecule has 0 aliphatic heterocycles. The van der Waals surface area contributed by atoms with Crippen LogP contribution in [0.5, 0.6) is 0 Å². The van der Waals surface area contributed by atoms with Gasteiger partial charge in [0.1, 0.15) is 18.1 Å². The van der Waals surface area contributed by atoms with E-state index < -0.39 is 54.5 Å². The molecule has 10 nitrogen and oxygen atoms in total. The van der Waals surface area contributed by atoms with Crippen molar-refractivity contribution in [2.45, 2.75) is 64.7 Å². The van der Waals surface area contributed by atoms with E-state index in [4.69, 9.17) is 5.73 Å². The number of carbonyl (C=O) groups is 4. The zero-order chi connectivity index (χ0) is 23.4. The van der Waals surface area contributed by atoms with E-state index in [1.807, 2.05) is 20.1 Å². The molecule has 0 radical (unpaired) electrons. The van der Waals surface area contributed by atoms with Gasteiger partial charge in [0.05, 0.1) is 12.6 Å². The average Bonchev–Trinajstić information content (AvgIpc) is 2.66. The highest BCUT2D eigenvalue weighted by Crippen LogP contribution is 2.08. The lowest BCUT2D eigenvalue weighted by molar-refractivity contribution is -0.143. The molecular formula is C19H36N4O6S. The summed E-state index contributed by atoms with van der Waals surface area (Å²) in [6.45, 7) is 6.37.